The first-order valence-corrected chi connectivity index (χ1v) is 9.03. The van der Waals surface area contributed by atoms with Gasteiger partial charge in [-0.15, -0.1) is 0 Å². The molecule has 0 heterocycles. The third-order valence-corrected chi connectivity index (χ3v) is 4.66. The van der Waals surface area contributed by atoms with E-state index in [-0.39, 0.29) is 22.8 Å². The maximum atomic E-state index is 12.5. The molecule has 0 fully saturated rings. The van der Waals surface area contributed by atoms with E-state index in [1.54, 1.807) is 12.1 Å². The first-order valence-electron chi connectivity index (χ1n) is 7.14. The molecule has 0 saturated heterocycles. The fraction of sp³-hybridized carbons (Fsp3) is 0.235. The van der Waals surface area contributed by atoms with E-state index in [9.17, 15) is 22.0 Å². The molecule has 0 radical (unpaired) electrons. The molecule has 2 rings (SSSR count). The Hall–Kier alpha value is -2.28. The van der Waals surface area contributed by atoms with Gasteiger partial charge in [0, 0.05) is 23.9 Å². The average molecular weight is 353 g/mol. The molecule has 0 bridgehead atoms. The summed E-state index contributed by atoms with van der Waals surface area (Å²) in [7, 11) is -3.47. The highest BCUT2D eigenvalue weighted by molar-refractivity contribution is 7.90. The van der Waals surface area contributed by atoms with Gasteiger partial charge in [0.25, 0.3) is 6.43 Å². The summed E-state index contributed by atoms with van der Waals surface area (Å²) in [6.07, 6.45) is -1.45. The predicted octanol–water partition coefficient (Wildman–Crippen LogP) is 3.84. The minimum Gasteiger partial charge on any atom is -0.380 e. The zero-order chi connectivity index (χ0) is 17.9. The fourth-order valence-corrected chi connectivity index (χ4v) is 3.03. The Morgan fingerprint density at radius 2 is 1.75 bits per heavy atom. The van der Waals surface area contributed by atoms with E-state index in [0.717, 1.165) is 6.26 Å². The maximum Gasteiger partial charge on any atom is 0.263 e. The Labute approximate surface area is 139 Å². The average Bonchev–Trinajstić information content (AvgIpc) is 2.52. The van der Waals surface area contributed by atoms with Gasteiger partial charge in [0.05, 0.1) is 10.6 Å². The third-order valence-electron chi connectivity index (χ3n) is 3.50. The van der Waals surface area contributed by atoms with E-state index in [0.29, 0.717) is 16.8 Å². The molecule has 2 aromatic carbocycles. The molecule has 0 amide bonds. The lowest BCUT2D eigenvalue weighted by Crippen LogP contribution is -2.08. The van der Waals surface area contributed by atoms with Crippen LogP contribution in [0.2, 0.25) is 0 Å². The van der Waals surface area contributed by atoms with E-state index in [1.165, 1.54) is 37.3 Å². The van der Waals surface area contributed by atoms with Crippen LogP contribution in [0.15, 0.2) is 47.4 Å². The quantitative estimate of drug-likeness (QED) is 0.802. The van der Waals surface area contributed by atoms with Crippen molar-refractivity contribution in [3.63, 3.8) is 0 Å². The Balaban J connectivity index is 2.27. The summed E-state index contributed by atoms with van der Waals surface area (Å²) in [5.41, 5.74) is 1.34. The number of carbonyl (C=O) groups is 1. The van der Waals surface area contributed by atoms with Crippen LogP contribution in [-0.4, -0.2) is 20.5 Å². The van der Waals surface area contributed by atoms with Crippen LogP contribution in [0.1, 0.15) is 34.8 Å². The number of hydrogen-bond acceptors (Lipinski definition) is 4. The van der Waals surface area contributed by atoms with E-state index in [4.69, 9.17) is 0 Å². The van der Waals surface area contributed by atoms with Crippen LogP contribution in [-0.2, 0) is 16.4 Å². The highest BCUT2D eigenvalue weighted by Gasteiger charge is 2.15. The molecule has 2 aromatic rings. The lowest BCUT2D eigenvalue weighted by atomic mass is 10.1. The monoisotopic (exact) mass is 353 g/mol. The summed E-state index contributed by atoms with van der Waals surface area (Å²) in [5, 5.41) is 2.96. The minimum atomic E-state index is -3.47. The zero-order valence-corrected chi connectivity index (χ0v) is 14.0. The van der Waals surface area contributed by atoms with Crippen LogP contribution in [0.5, 0.6) is 0 Å². The largest absolute Gasteiger partial charge is 0.380 e. The molecular formula is C17H17F2NO3S. The van der Waals surface area contributed by atoms with Crippen molar-refractivity contribution in [2.45, 2.75) is 24.8 Å². The minimum absolute atomic E-state index is 0.0749. The molecule has 24 heavy (non-hydrogen) atoms. The molecular weight excluding hydrogens is 336 g/mol. The number of ketones is 1. The van der Waals surface area contributed by atoms with Crippen LogP contribution in [0.3, 0.4) is 0 Å². The van der Waals surface area contributed by atoms with Gasteiger partial charge in [0.1, 0.15) is 0 Å². The maximum absolute atomic E-state index is 12.5. The molecule has 128 valence electrons. The summed E-state index contributed by atoms with van der Waals surface area (Å²) in [5.74, 6) is -0.181. The second-order valence-electron chi connectivity index (χ2n) is 5.44. The molecule has 0 aromatic heterocycles. The Bertz CT molecular complexity index is 847. The normalized spacial score (nSPS) is 11.5. The highest BCUT2D eigenvalue weighted by Crippen LogP contribution is 2.24. The predicted molar refractivity (Wildman–Crippen MR) is 88.3 cm³/mol. The summed E-state index contributed by atoms with van der Waals surface area (Å²) < 4.78 is 48.8. The number of rotatable bonds is 6. The van der Waals surface area contributed by atoms with Crippen molar-refractivity contribution in [1.29, 1.82) is 0 Å². The summed E-state index contributed by atoms with van der Waals surface area (Å²) in [6, 6.07) is 10.1. The first kappa shape index (κ1) is 18.1. The summed E-state index contributed by atoms with van der Waals surface area (Å²) in [4.78, 5) is 11.6. The van der Waals surface area contributed by atoms with Gasteiger partial charge >= 0.3 is 0 Å². The number of hydrogen-bond donors (Lipinski definition) is 1. The Morgan fingerprint density at radius 3 is 2.25 bits per heavy atom. The van der Waals surface area contributed by atoms with Crippen LogP contribution < -0.4 is 5.32 Å². The topological polar surface area (TPSA) is 63.2 Å². The number of halogens is 2. The van der Waals surface area contributed by atoms with Crippen LogP contribution >= 0.6 is 0 Å². The van der Waals surface area contributed by atoms with Crippen molar-refractivity contribution in [3.05, 3.63) is 59.2 Å². The fourth-order valence-electron chi connectivity index (χ4n) is 2.19. The highest BCUT2D eigenvalue weighted by atomic mass is 32.2. The van der Waals surface area contributed by atoms with Crippen molar-refractivity contribution < 1.29 is 22.0 Å². The van der Waals surface area contributed by atoms with Gasteiger partial charge < -0.3 is 5.32 Å². The second-order valence-corrected chi connectivity index (χ2v) is 7.42. The van der Waals surface area contributed by atoms with Crippen molar-refractivity contribution in [2.24, 2.45) is 0 Å². The number of nitrogens with one attached hydrogen (secondary N) is 1. The lowest BCUT2D eigenvalue weighted by Gasteiger charge is -2.12. The number of carbonyl (C=O) groups excluding carboxylic acids is 1. The molecule has 0 unspecified atom stereocenters. The third kappa shape index (κ3) is 4.38. The Kier molecular flexibility index (Phi) is 5.33. The smallest absolute Gasteiger partial charge is 0.263 e. The van der Waals surface area contributed by atoms with Crippen molar-refractivity contribution in [2.75, 3.05) is 11.6 Å². The van der Waals surface area contributed by atoms with Gasteiger partial charge in [0.15, 0.2) is 15.6 Å². The molecule has 0 saturated carbocycles. The number of sulfone groups is 1. The van der Waals surface area contributed by atoms with Gasteiger partial charge in [0.2, 0.25) is 0 Å². The molecule has 0 aliphatic rings. The van der Waals surface area contributed by atoms with E-state index >= 15 is 0 Å². The van der Waals surface area contributed by atoms with Gasteiger partial charge in [-0.25, -0.2) is 17.2 Å². The van der Waals surface area contributed by atoms with Gasteiger partial charge in [-0.3, -0.25) is 4.79 Å². The zero-order valence-electron chi connectivity index (χ0n) is 13.2. The van der Waals surface area contributed by atoms with Gasteiger partial charge in [-0.1, -0.05) is 24.3 Å². The summed E-state index contributed by atoms with van der Waals surface area (Å²) in [6.45, 7) is 1.63. The Morgan fingerprint density at radius 1 is 1.12 bits per heavy atom. The van der Waals surface area contributed by atoms with E-state index in [1.807, 2.05) is 0 Å². The number of benzene rings is 2. The van der Waals surface area contributed by atoms with Crippen molar-refractivity contribution in [3.8, 4) is 0 Å². The molecule has 4 nitrogen and oxygen atoms in total. The standard InChI is InChI=1S/C17H17F2NO3S/c1-11(21)14-7-8-16(24(2,22)23)15(9-14)20-10-12-3-5-13(6-4-12)17(18)19/h3-9,17,20H,10H2,1-2H3. The molecule has 0 aliphatic heterocycles. The lowest BCUT2D eigenvalue weighted by molar-refractivity contribution is 0.101. The van der Waals surface area contributed by atoms with E-state index < -0.39 is 16.3 Å². The molecule has 1 N–H and O–H groups in total. The van der Waals surface area contributed by atoms with Crippen LogP contribution in [0.4, 0.5) is 14.5 Å². The second kappa shape index (κ2) is 7.09. The number of anilines is 1. The van der Waals surface area contributed by atoms with Gasteiger partial charge in [-0.05, 0) is 30.7 Å². The number of Topliss-reactive ketones (excluding diaryl/α,β-unsaturated/α-hetero) is 1. The molecule has 0 spiro atoms. The molecule has 0 aliphatic carbocycles. The van der Waals surface area contributed by atoms with E-state index in [2.05, 4.69) is 5.32 Å². The van der Waals surface area contributed by atoms with Gasteiger partial charge in [-0.2, -0.15) is 0 Å². The SMILES string of the molecule is CC(=O)c1ccc(S(C)(=O)=O)c(NCc2ccc(C(F)F)cc2)c1. The summed E-state index contributed by atoms with van der Waals surface area (Å²) >= 11 is 0. The van der Waals surface area contributed by atoms with Crippen molar-refractivity contribution >= 4 is 21.3 Å². The first-order chi connectivity index (χ1) is 11.2. The molecule has 7 heteroatoms. The number of alkyl halides is 2. The van der Waals surface area contributed by atoms with Crippen LogP contribution in [0.25, 0.3) is 0 Å². The molecule has 0 atom stereocenters. The van der Waals surface area contributed by atoms with Crippen LogP contribution in [0, 0.1) is 0 Å². The van der Waals surface area contributed by atoms with Crippen molar-refractivity contribution in [1.82, 2.24) is 0 Å².